The number of nitrogens with two attached hydrogens (primary N) is 2. The van der Waals surface area contributed by atoms with Crippen molar-refractivity contribution in [2.75, 3.05) is 17.6 Å². The van der Waals surface area contributed by atoms with Crippen LogP contribution in [0.1, 0.15) is 38.5 Å². The average molecular weight is 422 g/mol. The van der Waals surface area contributed by atoms with Crippen LogP contribution < -0.4 is 16.8 Å². The highest BCUT2D eigenvalue weighted by Crippen LogP contribution is 2.35. The van der Waals surface area contributed by atoms with Crippen molar-refractivity contribution in [2.45, 2.75) is 56.7 Å². The molecular weight excluding hydrogens is 398 g/mol. The first-order valence-electron chi connectivity index (χ1n) is 9.18. The SMILES string of the molecule is NC(=O)[C@H]1CCCN1C1CCC(Nc2ncc3oc(N)cc3c2Br)CC1. The molecule has 0 unspecified atom stereocenters. The predicted molar refractivity (Wildman–Crippen MR) is 105 cm³/mol. The van der Waals surface area contributed by atoms with Crippen molar-refractivity contribution in [1.82, 2.24) is 9.88 Å². The maximum absolute atomic E-state index is 11.6. The van der Waals surface area contributed by atoms with Crippen LogP contribution in [-0.4, -0.2) is 40.5 Å². The molecule has 7 nitrogen and oxygen atoms in total. The summed E-state index contributed by atoms with van der Waals surface area (Å²) in [7, 11) is 0. The number of nitrogens with one attached hydrogen (secondary N) is 1. The van der Waals surface area contributed by atoms with Gasteiger partial charge in [-0.1, -0.05) is 0 Å². The molecule has 1 aliphatic heterocycles. The first-order chi connectivity index (χ1) is 12.5. The number of anilines is 2. The summed E-state index contributed by atoms with van der Waals surface area (Å²) in [5, 5.41) is 4.47. The van der Waals surface area contributed by atoms with E-state index >= 15 is 0 Å². The third kappa shape index (κ3) is 3.27. The van der Waals surface area contributed by atoms with E-state index < -0.39 is 0 Å². The van der Waals surface area contributed by atoms with E-state index in [0.29, 0.717) is 23.6 Å². The summed E-state index contributed by atoms with van der Waals surface area (Å²) < 4.78 is 6.29. The fraction of sp³-hybridized carbons (Fsp3) is 0.556. The van der Waals surface area contributed by atoms with Gasteiger partial charge in [0.1, 0.15) is 5.82 Å². The van der Waals surface area contributed by atoms with Crippen LogP contribution in [0.2, 0.25) is 0 Å². The molecule has 1 saturated heterocycles. The number of carbonyl (C=O) groups excluding carboxylic acids is 1. The molecule has 8 heteroatoms. The lowest BCUT2D eigenvalue weighted by molar-refractivity contribution is -0.123. The summed E-state index contributed by atoms with van der Waals surface area (Å²) in [4.78, 5) is 18.4. The van der Waals surface area contributed by atoms with Crippen molar-refractivity contribution in [3.05, 3.63) is 16.7 Å². The lowest BCUT2D eigenvalue weighted by Crippen LogP contribution is -2.48. The van der Waals surface area contributed by atoms with Crippen molar-refractivity contribution in [3.8, 4) is 0 Å². The molecule has 4 rings (SSSR count). The Morgan fingerprint density at radius 3 is 2.81 bits per heavy atom. The Labute approximate surface area is 160 Å². The Morgan fingerprint density at radius 1 is 1.31 bits per heavy atom. The molecule has 1 amide bonds. The molecule has 2 aliphatic rings. The van der Waals surface area contributed by atoms with Crippen LogP contribution in [-0.2, 0) is 4.79 Å². The third-order valence-electron chi connectivity index (χ3n) is 5.66. The molecule has 1 atom stereocenters. The second-order valence-electron chi connectivity index (χ2n) is 7.30. The Hall–Kier alpha value is -1.80. The van der Waals surface area contributed by atoms with Crippen molar-refractivity contribution in [2.24, 2.45) is 5.73 Å². The Bertz CT molecular complexity index is 815. The summed E-state index contributed by atoms with van der Waals surface area (Å²) in [6, 6.07) is 2.56. The van der Waals surface area contributed by atoms with Gasteiger partial charge < -0.3 is 21.2 Å². The van der Waals surface area contributed by atoms with Crippen LogP contribution >= 0.6 is 15.9 Å². The molecule has 0 radical (unpaired) electrons. The lowest BCUT2D eigenvalue weighted by Gasteiger charge is -2.37. The summed E-state index contributed by atoms with van der Waals surface area (Å²) in [6.45, 7) is 0.988. The number of carbonyl (C=O) groups is 1. The van der Waals surface area contributed by atoms with Gasteiger partial charge in [-0.15, -0.1) is 0 Å². The molecule has 5 N–H and O–H groups in total. The number of pyridine rings is 1. The first-order valence-corrected chi connectivity index (χ1v) is 9.97. The molecule has 1 aliphatic carbocycles. The largest absolute Gasteiger partial charge is 0.439 e. The summed E-state index contributed by atoms with van der Waals surface area (Å²) in [6.07, 6.45) is 7.90. The van der Waals surface area contributed by atoms with Crippen LogP contribution in [0.4, 0.5) is 11.7 Å². The van der Waals surface area contributed by atoms with E-state index in [1.165, 1.54) is 0 Å². The third-order valence-corrected chi connectivity index (χ3v) is 6.47. The molecule has 0 bridgehead atoms. The second kappa shape index (κ2) is 7.08. The Kier molecular flexibility index (Phi) is 4.79. The van der Waals surface area contributed by atoms with Gasteiger partial charge in [0.25, 0.3) is 0 Å². The zero-order valence-electron chi connectivity index (χ0n) is 14.6. The maximum Gasteiger partial charge on any atom is 0.234 e. The zero-order chi connectivity index (χ0) is 18.3. The predicted octanol–water partition coefficient (Wildman–Crippen LogP) is 2.85. The van der Waals surface area contributed by atoms with Gasteiger partial charge in [-0.3, -0.25) is 9.69 Å². The number of furan rings is 1. The van der Waals surface area contributed by atoms with Crippen LogP contribution in [0.5, 0.6) is 0 Å². The fourth-order valence-corrected chi connectivity index (χ4v) is 4.90. The van der Waals surface area contributed by atoms with E-state index in [0.717, 1.165) is 60.7 Å². The van der Waals surface area contributed by atoms with Crippen molar-refractivity contribution < 1.29 is 9.21 Å². The standard InChI is InChI=1S/C18H24BrN5O2/c19-16-12-8-15(20)26-14(12)9-22-18(16)23-10-3-5-11(6-4-10)24-7-1-2-13(24)17(21)25/h8-11,13H,1-7,20H2,(H2,21,25)(H,22,23)/t10?,11?,13-/m1/s1. The van der Waals surface area contributed by atoms with E-state index in [-0.39, 0.29) is 11.9 Å². The number of rotatable bonds is 4. The van der Waals surface area contributed by atoms with Gasteiger partial charge in [-0.2, -0.15) is 0 Å². The molecule has 2 aromatic heterocycles. The molecule has 26 heavy (non-hydrogen) atoms. The number of halogens is 1. The summed E-state index contributed by atoms with van der Waals surface area (Å²) >= 11 is 3.61. The van der Waals surface area contributed by atoms with Crippen LogP contribution in [0.3, 0.4) is 0 Å². The van der Waals surface area contributed by atoms with Crippen LogP contribution in [0.25, 0.3) is 11.0 Å². The Balaban J connectivity index is 1.40. The fourth-order valence-electron chi connectivity index (χ4n) is 4.38. The minimum atomic E-state index is -0.177. The second-order valence-corrected chi connectivity index (χ2v) is 8.09. The molecule has 140 valence electrons. The normalized spacial score (nSPS) is 27.0. The van der Waals surface area contributed by atoms with Gasteiger partial charge in [-0.05, 0) is 61.0 Å². The summed E-state index contributed by atoms with van der Waals surface area (Å²) in [5.74, 6) is 1.02. The monoisotopic (exact) mass is 421 g/mol. The van der Waals surface area contributed by atoms with Crippen molar-refractivity contribution in [3.63, 3.8) is 0 Å². The molecule has 3 heterocycles. The number of primary amides is 1. The zero-order valence-corrected chi connectivity index (χ0v) is 16.2. The minimum Gasteiger partial charge on any atom is -0.439 e. The number of fused-ring (bicyclic) bond motifs is 1. The molecule has 2 fully saturated rings. The van der Waals surface area contributed by atoms with Crippen LogP contribution in [0, 0.1) is 0 Å². The van der Waals surface area contributed by atoms with Crippen molar-refractivity contribution in [1.29, 1.82) is 0 Å². The van der Waals surface area contributed by atoms with Gasteiger partial charge in [0.15, 0.2) is 11.5 Å². The number of aromatic nitrogens is 1. The minimum absolute atomic E-state index is 0.0747. The number of nitrogens with zero attached hydrogens (tertiary/aromatic N) is 2. The first kappa shape index (κ1) is 17.6. The molecule has 0 spiro atoms. The molecule has 1 saturated carbocycles. The van der Waals surface area contributed by atoms with Crippen LogP contribution in [0.15, 0.2) is 21.2 Å². The number of hydrogen-bond donors (Lipinski definition) is 3. The number of nitrogen functional groups attached to an aromatic ring is 1. The molecule has 2 aromatic rings. The maximum atomic E-state index is 11.6. The smallest absolute Gasteiger partial charge is 0.234 e. The van der Waals surface area contributed by atoms with Gasteiger partial charge in [0, 0.05) is 23.5 Å². The number of amides is 1. The van der Waals surface area contributed by atoms with E-state index in [4.69, 9.17) is 15.9 Å². The average Bonchev–Trinajstić information content (AvgIpc) is 3.25. The molecule has 0 aromatic carbocycles. The number of hydrogen-bond acceptors (Lipinski definition) is 6. The summed E-state index contributed by atoms with van der Waals surface area (Å²) in [5.41, 5.74) is 12.0. The van der Waals surface area contributed by atoms with E-state index in [2.05, 4.69) is 31.1 Å². The molecular formula is C18H24BrN5O2. The Morgan fingerprint density at radius 2 is 2.08 bits per heavy atom. The van der Waals surface area contributed by atoms with E-state index in [1.807, 2.05) is 0 Å². The van der Waals surface area contributed by atoms with Gasteiger partial charge >= 0.3 is 0 Å². The van der Waals surface area contributed by atoms with E-state index in [9.17, 15) is 4.79 Å². The van der Waals surface area contributed by atoms with Gasteiger partial charge in [-0.25, -0.2) is 4.98 Å². The van der Waals surface area contributed by atoms with Crippen molar-refractivity contribution >= 4 is 44.5 Å². The lowest BCUT2D eigenvalue weighted by atomic mass is 9.89. The quantitative estimate of drug-likeness (QED) is 0.699. The van der Waals surface area contributed by atoms with E-state index in [1.54, 1.807) is 12.3 Å². The highest BCUT2D eigenvalue weighted by Gasteiger charge is 2.36. The topological polar surface area (TPSA) is 110 Å². The van der Waals surface area contributed by atoms with Gasteiger partial charge in [0.2, 0.25) is 5.91 Å². The highest BCUT2D eigenvalue weighted by molar-refractivity contribution is 9.10. The van der Waals surface area contributed by atoms with Gasteiger partial charge in [0.05, 0.1) is 16.7 Å². The number of likely N-dealkylation sites (tertiary alicyclic amines) is 1. The highest BCUT2D eigenvalue weighted by atomic mass is 79.9.